The summed E-state index contributed by atoms with van der Waals surface area (Å²) in [5, 5.41) is 3.43. The van der Waals surface area contributed by atoms with Crippen molar-refractivity contribution in [2.75, 3.05) is 19.5 Å². The first-order valence-corrected chi connectivity index (χ1v) is 8.42. The van der Waals surface area contributed by atoms with Gasteiger partial charge in [-0.15, -0.1) is 0 Å². The van der Waals surface area contributed by atoms with Gasteiger partial charge in [0.2, 0.25) is 5.28 Å². The number of hydrogen-bond donors (Lipinski definition) is 1. The van der Waals surface area contributed by atoms with Crippen LogP contribution in [-0.2, 0) is 6.54 Å². The normalized spacial score (nSPS) is 13.9. The van der Waals surface area contributed by atoms with Gasteiger partial charge in [0.25, 0.3) is 0 Å². The highest BCUT2D eigenvalue weighted by Crippen LogP contribution is 2.33. The minimum Gasteiger partial charge on any atom is -0.497 e. The molecule has 8 heteroatoms. The Morgan fingerprint density at radius 1 is 1.16 bits per heavy atom. The van der Waals surface area contributed by atoms with E-state index in [2.05, 4.69) is 20.3 Å². The van der Waals surface area contributed by atoms with Crippen molar-refractivity contribution in [3.63, 3.8) is 0 Å². The van der Waals surface area contributed by atoms with Gasteiger partial charge in [-0.05, 0) is 30.4 Å². The van der Waals surface area contributed by atoms with Crippen LogP contribution in [0.1, 0.15) is 12.8 Å². The first kappa shape index (κ1) is 16.0. The molecule has 0 bridgehead atoms. The van der Waals surface area contributed by atoms with Crippen molar-refractivity contribution < 1.29 is 9.47 Å². The largest absolute Gasteiger partial charge is 0.497 e. The summed E-state index contributed by atoms with van der Waals surface area (Å²) in [4.78, 5) is 13.1. The van der Waals surface area contributed by atoms with Crippen molar-refractivity contribution in [3.8, 4) is 11.5 Å². The Kier molecular flexibility index (Phi) is 4.09. The number of benzene rings is 1. The standard InChI is InChI=1S/C17H18ClN5O2/c1-24-12-5-11(6-13(7-12)25-2)20-15-14-16(22-17(18)21-15)23(9-19-14)8-10-3-4-10/h5-7,9-10H,3-4,8H2,1-2H3,(H,20,21,22). The lowest BCUT2D eigenvalue weighted by atomic mass is 10.2. The van der Waals surface area contributed by atoms with Crippen LogP contribution < -0.4 is 14.8 Å². The lowest BCUT2D eigenvalue weighted by Crippen LogP contribution is -2.02. The van der Waals surface area contributed by atoms with Gasteiger partial charge in [-0.25, -0.2) is 4.98 Å². The van der Waals surface area contributed by atoms with Gasteiger partial charge in [-0.3, -0.25) is 0 Å². The molecule has 0 radical (unpaired) electrons. The molecule has 1 aliphatic carbocycles. The van der Waals surface area contributed by atoms with Crippen molar-refractivity contribution >= 4 is 34.3 Å². The summed E-state index contributed by atoms with van der Waals surface area (Å²) in [6, 6.07) is 5.51. The predicted octanol–water partition coefficient (Wildman–Crippen LogP) is 3.65. The van der Waals surface area contributed by atoms with Gasteiger partial charge in [0.15, 0.2) is 17.0 Å². The smallest absolute Gasteiger partial charge is 0.226 e. The molecule has 2 aromatic heterocycles. The van der Waals surface area contributed by atoms with E-state index in [1.165, 1.54) is 12.8 Å². The van der Waals surface area contributed by atoms with Crippen LogP contribution in [0.4, 0.5) is 11.5 Å². The molecular formula is C17H18ClN5O2. The summed E-state index contributed by atoms with van der Waals surface area (Å²) in [5.41, 5.74) is 2.19. The maximum absolute atomic E-state index is 6.14. The summed E-state index contributed by atoms with van der Waals surface area (Å²) < 4.78 is 12.6. The maximum Gasteiger partial charge on any atom is 0.226 e. The second kappa shape index (κ2) is 6.40. The van der Waals surface area contributed by atoms with Crippen LogP contribution in [0.3, 0.4) is 0 Å². The molecule has 0 aliphatic heterocycles. The molecule has 0 spiro atoms. The van der Waals surface area contributed by atoms with Crippen LogP contribution >= 0.6 is 11.6 Å². The second-order valence-electron chi connectivity index (χ2n) is 6.08. The fourth-order valence-electron chi connectivity index (χ4n) is 2.73. The Labute approximate surface area is 150 Å². The highest BCUT2D eigenvalue weighted by atomic mass is 35.5. The zero-order chi connectivity index (χ0) is 17.4. The summed E-state index contributed by atoms with van der Waals surface area (Å²) in [7, 11) is 3.22. The first-order chi connectivity index (χ1) is 12.2. The summed E-state index contributed by atoms with van der Waals surface area (Å²) >= 11 is 6.14. The zero-order valence-electron chi connectivity index (χ0n) is 14.0. The number of methoxy groups -OCH3 is 2. The van der Waals surface area contributed by atoms with Crippen LogP contribution in [0.5, 0.6) is 11.5 Å². The van der Waals surface area contributed by atoms with E-state index in [-0.39, 0.29) is 5.28 Å². The molecule has 0 saturated heterocycles. The average molecular weight is 360 g/mol. The molecule has 7 nitrogen and oxygen atoms in total. The molecule has 2 heterocycles. The van der Waals surface area contributed by atoms with Gasteiger partial charge >= 0.3 is 0 Å². The fourth-order valence-corrected chi connectivity index (χ4v) is 2.90. The van der Waals surface area contributed by atoms with Crippen LogP contribution in [0, 0.1) is 5.92 Å². The number of imidazole rings is 1. The molecule has 1 saturated carbocycles. The number of hydrogen-bond acceptors (Lipinski definition) is 6. The van der Waals surface area contributed by atoms with Crippen molar-refractivity contribution in [2.24, 2.45) is 5.92 Å². The zero-order valence-corrected chi connectivity index (χ0v) is 14.7. The lowest BCUT2D eigenvalue weighted by Gasteiger charge is -2.11. The molecule has 0 amide bonds. The number of fused-ring (bicyclic) bond motifs is 1. The Morgan fingerprint density at radius 2 is 1.88 bits per heavy atom. The van der Waals surface area contributed by atoms with E-state index in [1.807, 2.05) is 16.7 Å². The molecule has 4 rings (SSSR count). The third-order valence-electron chi connectivity index (χ3n) is 4.20. The summed E-state index contributed by atoms with van der Waals surface area (Å²) in [6.07, 6.45) is 4.31. The van der Waals surface area contributed by atoms with Gasteiger partial charge in [-0.2, -0.15) is 9.97 Å². The van der Waals surface area contributed by atoms with Crippen molar-refractivity contribution in [2.45, 2.75) is 19.4 Å². The van der Waals surface area contributed by atoms with Crippen molar-refractivity contribution in [3.05, 3.63) is 29.8 Å². The Hall–Kier alpha value is -2.54. The highest BCUT2D eigenvalue weighted by molar-refractivity contribution is 6.28. The van der Waals surface area contributed by atoms with Crippen LogP contribution in [0.25, 0.3) is 11.2 Å². The van der Waals surface area contributed by atoms with Crippen LogP contribution in [-0.4, -0.2) is 33.7 Å². The number of halogens is 1. The van der Waals surface area contributed by atoms with E-state index in [1.54, 1.807) is 26.6 Å². The van der Waals surface area contributed by atoms with Gasteiger partial charge in [0.05, 0.1) is 20.5 Å². The number of anilines is 2. The van der Waals surface area contributed by atoms with E-state index in [0.29, 0.717) is 28.8 Å². The topological polar surface area (TPSA) is 74.1 Å². The monoisotopic (exact) mass is 359 g/mol. The molecule has 1 aromatic carbocycles. The Morgan fingerprint density at radius 3 is 2.52 bits per heavy atom. The molecule has 130 valence electrons. The second-order valence-corrected chi connectivity index (χ2v) is 6.42. The molecule has 0 unspecified atom stereocenters. The minimum atomic E-state index is 0.183. The molecule has 25 heavy (non-hydrogen) atoms. The number of ether oxygens (including phenoxy) is 2. The number of aromatic nitrogens is 4. The lowest BCUT2D eigenvalue weighted by molar-refractivity contribution is 0.395. The van der Waals surface area contributed by atoms with E-state index < -0.39 is 0 Å². The molecule has 0 atom stereocenters. The van der Waals surface area contributed by atoms with E-state index in [9.17, 15) is 0 Å². The van der Waals surface area contributed by atoms with E-state index in [0.717, 1.165) is 17.9 Å². The van der Waals surface area contributed by atoms with Gasteiger partial charge in [0.1, 0.15) is 11.5 Å². The quantitative estimate of drug-likeness (QED) is 0.677. The Balaban J connectivity index is 1.72. The Bertz CT molecular complexity index is 901. The summed E-state index contributed by atoms with van der Waals surface area (Å²) in [6.45, 7) is 0.913. The fraction of sp³-hybridized carbons (Fsp3) is 0.353. The van der Waals surface area contributed by atoms with Crippen molar-refractivity contribution in [1.29, 1.82) is 0 Å². The molecule has 3 aromatic rings. The first-order valence-electron chi connectivity index (χ1n) is 8.04. The molecule has 1 fully saturated rings. The number of nitrogens with one attached hydrogen (secondary N) is 1. The van der Waals surface area contributed by atoms with Crippen LogP contribution in [0.2, 0.25) is 5.28 Å². The number of rotatable bonds is 6. The van der Waals surface area contributed by atoms with Crippen molar-refractivity contribution in [1.82, 2.24) is 19.5 Å². The van der Waals surface area contributed by atoms with Gasteiger partial charge < -0.3 is 19.4 Å². The minimum absolute atomic E-state index is 0.183. The van der Waals surface area contributed by atoms with Crippen LogP contribution in [0.15, 0.2) is 24.5 Å². The predicted molar refractivity (Wildman–Crippen MR) is 95.9 cm³/mol. The van der Waals surface area contributed by atoms with Gasteiger partial charge in [-0.1, -0.05) is 0 Å². The van der Waals surface area contributed by atoms with E-state index >= 15 is 0 Å². The molecular weight excluding hydrogens is 342 g/mol. The van der Waals surface area contributed by atoms with E-state index in [4.69, 9.17) is 21.1 Å². The molecule has 1 aliphatic rings. The molecule has 1 N–H and O–H groups in total. The highest BCUT2D eigenvalue weighted by Gasteiger charge is 2.23. The average Bonchev–Trinajstić information content (AvgIpc) is 3.34. The maximum atomic E-state index is 6.14. The third-order valence-corrected chi connectivity index (χ3v) is 4.37. The SMILES string of the molecule is COc1cc(Nc2nc(Cl)nc3c2ncn3CC2CC2)cc(OC)c1. The third kappa shape index (κ3) is 3.32. The van der Waals surface area contributed by atoms with Gasteiger partial charge in [0, 0.05) is 30.4 Å². The number of nitrogens with zero attached hydrogens (tertiary/aromatic N) is 4. The summed E-state index contributed by atoms with van der Waals surface area (Å²) in [5.74, 6) is 2.63.